The summed E-state index contributed by atoms with van der Waals surface area (Å²) < 4.78 is 1.78. The minimum Gasteiger partial charge on any atom is -0.381 e. The molecule has 2 amide bonds. The van der Waals surface area contributed by atoms with E-state index >= 15 is 0 Å². The van der Waals surface area contributed by atoms with Crippen LogP contribution in [0.15, 0.2) is 30.6 Å². The highest BCUT2D eigenvalue weighted by atomic mass is 16.2. The lowest BCUT2D eigenvalue weighted by Crippen LogP contribution is -2.39. The largest absolute Gasteiger partial charge is 0.381 e. The summed E-state index contributed by atoms with van der Waals surface area (Å²) in [6, 6.07) is 5.71. The molecule has 0 aliphatic carbocycles. The van der Waals surface area contributed by atoms with Crippen molar-refractivity contribution < 1.29 is 4.79 Å². The standard InChI is InChI=1S/C15H19N5O/c1-19-10-11(9-18-19)8-17-13-5-4-12-3-2-6-20(15(16)21)14(12)7-13/h4-5,7,9-10,17H,2-3,6,8H2,1H3,(H2,16,21). The fourth-order valence-corrected chi connectivity index (χ4v) is 2.68. The maximum atomic E-state index is 11.5. The van der Waals surface area contributed by atoms with E-state index in [2.05, 4.69) is 16.5 Å². The Morgan fingerprint density at radius 1 is 1.48 bits per heavy atom. The zero-order valence-electron chi connectivity index (χ0n) is 12.0. The molecule has 3 N–H and O–H groups in total. The summed E-state index contributed by atoms with van der Waals surface area (Å²) >= 11 is 0. The number of nitrogens with one attached hydrogen (secondary N) is 1. The highest BCUT2D eigenvalue weighted by Crippen LogP contribution is 2.30. The Bertz CT molecular complexity index is 664. The second-order valence-electron chi connectivity index (χ2n) is 5.31. The Labute approximate surface area is 123 Å². The smallest absolute Gasteiger partial charge is 0.319 e. The van der Waals surface area contributed by atoms with Gasteiger partial charge in [-0.1, -0.05) is 6.07 Å². The predicted octanol–water partition coefficient (Wildman–Crippen LogP) is 1.86. The summed E-state index contributed by atoms with van der Waals surface area (Å²) in [5, 5.41) is 7.49. The van der Waals surface area contributed by atoms with Crippen LogP contribution in [0.2, 0.25) is 0 Å². The van der Waals surface area contributed by atoms with E-state index in [0.29, 0.717) is 13.1 Å². The molecule has 6 nitrogen and oxygen atoms in total. The number of urea groups is 1. The molecule has 0 atom stereocenters. The number of carbonyl (C=O) groups is 1. The lowest BCUT2D eigenvalue weighted by atomic mass is 10.0. The highest BCUT2D eigenvalue weighted by Gasteiger charge is 2.20. The Hall–Kier alpha value is -2.50. The van der Waals surface area contributed by atoms with Gasteiger partial charge in [-0.25, -0.2) is 4.79 Å². The molecule has 0 spiro atoms. The van der Waals surface area contributed by atoms with Gasteiger partial charge in [-0.3, -0.25) is 9.58 Å². The molecule has 1 aromatic heterocycles. The average molecular weight is 285 g/mol. The summed E-state index contributed by atoms with van der Waals surface area (Å²) in [5.74, 6) is 0. The van der Waals surface area contributed by atoms with Gasteiger partial charge < -0.3 is 11.1 Å². The van der Waals surface area contributed by atoms with Crippen LogP contribution in [0.3, 0.4) is 0 Å². The molecule has 2 aromatic rings. The molecule has 1 aromatic carbocycles. The first-order valence-corrected chi connectivity index (χ1v) is 7.05. The van der Waals surface area contributed by atoms with Gasteiger partial charge in [0.15, 0.2) is 0 Å². The topological polar surface area (TPSA) is 76.2 Å². The van der Waals surface area contributed by atoms with E-state index in [4.69, 9.17) is 5.73 Å². The first-order chi connectivity index (χ1) is 10.1. The summed E-state index contributed by atoms with van der Waals surface area (Å²) in [5.41, 5.74) is 9.64. The molecule has 0 fully saturated rings. The molecule has 3 rings (SSSR count). The number of aryl methyl sites for hydroxylation is 2. The first-order valence-electron chi connectivity index (χ1n) is 7.05. The number of carbonyl (C=O) groups excluding carboxylic acids is 1. The van der Waals surface area contributed by atoms with Crippen LogP contribution in [0.25, 0.3) is 0 Å². The van der Waals surface area contributed by atoms with Crippen LogP contribution in [-0.2, 0) is 20.0 Å². The molecule has 0 unspecified atom stereocenters. The normalized spacial score (nSPS) is 13.9. The van der Waals surface area contributed by atoms with E-state index in [1.807, 2.05) is 31.6 Å². The molecule has 21 heavy (non-hydrogen) atoms. The van der Waals surface area contributed by atoms with E-state index in [1.54, 1.807) is 9.58 Å². The average Bonchev–Trinajstić information content (AvgIpc) is 2.89. The van der Waals surface area contributed by atoms with Crippen molar-refractivity contribution in [3.8, 4) is 0 Å². The molecule has 110 valence electrons. The van der Waals surface area contributed by atoms with Gasteiger partial charge in [-0.15, -0.1) is 0 Å². The number of primary amides is 1. The molecule has 1 aliphatic rings. The molecule has 0 bridgehead atoms. The van der Waals surface area contributed by atoms with Crippen molar-refractivity contribution in [3.05, 3.63) is 41.7 Å². The third-order valence-corrected chi connectivity index (χ3v) is 3.72. The predicted molar refractivity (Wildman–Crippen MR) is 82.2 cm³/mol. The molecular formula is C15H19N5O. The quantitative estimate of drug-likeness (QED) is 0.903. The van der Waals surface area contributed by atoms with Crippen LogP contribution in [0, 0.1) is 0 Å². The Balaban J connectivity index is 1.78. The second-order valence-corrected chi connectivity index (χ2v) is 5.31. The maximum absolute atomic E-state index is 11.5. The van der Waals surface area contributed by atoms with Gasteiger partial charge in [0.05, 0.1) is 11.9 Å². The SMILES string of the molecule is Cn1cc(CNc2ccc3c(c2)N(C(N)=O)CCC3)cn1. The van der Waals surface area contributed by atoms with Gasteiger partial charge in [0, 0.05) is 37.6 Å². The minimum absolute atomic E-state index is 0.389. The summed E-state index contributed by atoms with van der Waals surface area (Å²) in [7, 11) is 1.90. The van der Waals surface area contributed by atoms with Gasteiger partial charge in [0.1, 0.15) is 0 Å². The van der Waals surface area contributed by atoms with Crippen LogP contribution in [0.1, 0.15) is 17.5 Å². The zero-order valence-corrected chi connectivity index (χ0v) is 12.0. The van der Waals surface area contributed by atoms with Crippen molar-refractivity contribution >= 4 is 17.4 Å². The monoisotopic (exact) mass is 285 g/mol. The van der Waals surface area contributed by atoms with Gasteiger partial charge in [-0.2, -0.15) is 5.10 Å². The third-order valence-electron chi connectivity index (χ3n) is 3.72. The Morgan fingerprint density at radius 2 is 2.33 bits per heavy atom. The van der Waals surface area contributed by atoms with E-state index in [0.717, 1.165) is 29.8 Å². The number of hydrogen-bond donors (Lipinski definition) is 2. The highest BCUT2D eigenvalue weighted by molar-refractivity contribution is 5.92. The van der Waals surface area contributed by atoms with Crippen molar-refractivity contribution in [1.29, 1.82) is 0 Å². The maximum Gasteiger partial charge on any atom is 0.319 e. The van der Waals surface area contributed by atoms with Gasteiger partial charge in [-0.05, 0) is 30.5 Å². The number of amides is 2. The number of hydrogen-bond acceptors (Lipinski definition) is 3. The number of anilines is 2. The van der Waals surface area contributed by atoms with Gasteiger partial charge in [0.2, 0.25) is 0 Å². The molecule has 0 saturated carbocycles. The molecule has 0 radical (unpaired) electrons. The summed E-state index contributed by atoms with van der Waals surface area (Å²) in [6.45, 7) is 1.39. The van der Waals surface area contributed by atoms with Crippen molar-refractivity contribution in [3.63, 3.8) is 0 Å². The third kappa shape index (κ3) is 2.84. The number of benzene rings is 1. The summed E-state index contributed by atoms with van der Waals surface area (Å²) in [4.78, 5) is 13.2. The Morgan fingerprint density at radius 3 is 3.05 bits per heavy atom. The van der Waals surface area contributed by atoms with E-state index in [1.165, 1.54) is 5.56 Å². The summed E-state index contributed by atoms with van der Waals surface area (Å²) in [6.07, 6.45) is 5.75. The molecule has 0 saturated heterocycles. The molecule has 1 aliphatic heterocycles. The van der Waals surface area contributed by atoms with E-state index in [9.17, 15) is 4.79 Å². The van der Waals surface area contributed by atoms with Crippen LogP contribution in [0.4, 0.5) is 16.2 Å². The van der Waals surface area contributed by atoms with Crippen LogP contribution in [0.5, 0.6) is 0 Å². The first kappa shape index (κ1) is 13.5. The van der Waals surface area contributed by atoms with Gasteiger partial charge in [0.25, 0.3) is 0 Å². The minimum atomic E-state index is -0.389. The van der Waals surface area contributed by atoms with Crippen molar-refractivity contribution in [2.24, 2.45) is 12.8 Å². The van der Waals surface area contributed by atoms with E-state index in [-0.39, 0.29) is 6.03 Å². The lowest BCUT2D eigenvalue weighted by molar-refractivity contribution is 0.253. The van der Waals surface area contributed by atoms with Crippen LogP contribution >= 0.6 is 0 Å². The second kappa shape index (κ2) is 5.47. The number of rotatable bonds is 3. The van der Waals surface area contributed by atoms with E-state index < -0.39 is 0 Å². The fourth-order valence-electron chi connectivity index (χ4n) is 2.68. The Kier molecular flexibility index (Phi) is 3.51. The molecule has 6 heteroatoms. The van der Waals surface area contributed by atoms with Crippen molar-refractivity contribution in [1.82, 2.24) is 9.78 Å². The number of fused-ring (bicyclic) bond motifs is 1. The van der Waals surface area contributed by atoms with Crippen molar-refractivity contribution in [2.45, 2.75) is 19.4 Å². The van der Waals surface area contributed by atoms with Crippen LogP contribution < -0.4 is 16.0 Å². The number of nitrogens with zero attached hydrogens (tertiary/aromatic N) is 3. The fraction of sp³-hybridized carbons (Fsp3) is 0.333. The zero-order chi connectivity index (χ0) is 14.8. The van der Waals surface area contributed by atoms with Crippen molar-refractivity contribution in [2.75, 3.05) is 16.8 Å². The lowest BCUT2D eigenvalue weighted by Gasteiger charge is -2.28. The van der Waals surface area contributed by atoms with Gasteiger partial charge >= 0.3 is 6.03 Å². The number of nitrogens with two attached hydrogens (primary N) is 1. The van der Waals surface area contributed by atoms with Crippen LogP contribution in [-0.4, -0.2) is 22.4 Å². The molecule has 2 heterocycles. The number of aromatic nitrogens is 2. The molecular weight excluding hydrogens is 266 g/mol.